The maximum Gasteiger partial charge on any atom is 0.310 e. The molecular weight excluding hydrogens is 309 g/mol. The average Bonchev–Trinajstić information content (AvgIpc) is 2.88. The van der Waals surface area contributed by atoms with Crippen LogP contribution in [0.3, 0.4) is 0 Å². The largest absolute Gasteiger partial charge is 0.481 e. The first-order chi connectivity index (χ1) is 10.5. The van der Waals surface area contributed by atoms with Gasteiger partial charge in [-0.15, -0.1) is 0 Å². The van der Waals surface area contributed by atoms with Crippen molar-refractivity contribution < 1.29 is 18.7 Å². The third-order valence-corrected chi connectivity index (χ3v) is 3.77. The quantitative estimate of drug-likeness (QED) is 0.773. The van der Waals surface area contributed by atoms with Gasteiger partial charge in [-0.3, -0.25) is 4.79 Å². The first-order valence-corrected chi connectivity index (χ1v) is 6.93. The Morgan fingerprint density at radius 3 is 2.82 bits per heavy atom. The van der Waals surface area contributed by atoms with Gasteiger partial charge in [-0.05, 0) is 36.8 Å². The lowest BCUT2D eigenvalue weighted by molar-refractivity contribution is -0.138. The molecule has 22 heavy (non-hydrogen) atoms. The minimum atomic E-state index is -0.930. The normalized spacial score (nSPS) is 12.5. The average molecular weight is 320 g/mol. The molecule has 0 radical (unpaired) electrons. The molecule has 2 aromatic carbocycles. The van der Waals surface area contributed by atoms with Gasteiger partial charge in [0.05, 0.1) is 16.5 Å². The van der Waals surface area contributed by atoms with Gasteiger partial charge in [0.15, 0.2) is 5.58 Å². The van der Waals surface area contributed by atoms with Crippen LogP contribution in [0.25, 0.3) is 22.6 Å². The molecule has 0 amide bonds. The van der Waals surface area contributed by atoms with Crippen LogP contribution in [0.1, 0.15) is 18.4 Å². The van der Waals surface area contributed by atoms with Crippen LogP contribution in [0, 0.1) is 5.82 Å². The van der Waals surface area contributed by atoms with Crippen molar-refractivity contribution in [2.75, 3.05) is 0 Å². The van der Waals surface area contributed by atoms with E-state index in [-0.39, 0.29) is 16.5 Å². The molecule has 6 heteroatoms. The lowest BCUT2D eigenvalue weighted by Gasteiger charge is -2.04. The minimum absolute atomic E-state index is 0.0678. The van der Waals surface area contributed by atoms with E-state index in [1.807, 2.05) is 0 Å². The van der Waals surface area contributed by atoms with E-state index >= 15 is 0 Å². The molecule has 112 valence electrons. The van der Waals surface area contributed by atoms with Gasteiger partial charge in [-0.1, -0.05) is 23.7 Å². The number of benzene rings is 2. The van der Waals surface area contributed by atoms with Gasteiger partial charge in [0, 0.05) is 0 Å². The first-order valence-electron chi connectivity index (χ1n) is 6.55. The summed E-state index contributed by atoms with van der Waals surface area (Å²) in [6, 6.07) is 9.21. The standard InChI is InChI=1S/C16H11ClFNO3/c1-8(16(20)21)9-5-6-13-12(7-9)19-15(22-13)14-10(17)3-2-4-11(14)18/h2-8H,1H3,(H,20,21). The van der Waals surface area contributed by atoms with Crippen LogP contribution >= 0.6 is 11.6 Å². The van der Waals surface area contributed by atoms with Crippen molar-refractivity contribution in [2.45, 2.75) is 12.8 Å². The number of hydrogen-bond donors (Lipinski definition) is 1. The molecule has 0 aliphatic rings. The predicted molar refractivity (Wildman–Crippen MR) is 80.5 cm³/mol. The number of carboxylic acid groups (broad SMARTS) is 1. The van der Waals surface area contributed by atoms with Crippen molar-refractivity contribution in [3.05, 3.63) is 52.8 Å². The zero-order valence-electron chi connectivity index (χ0n) is 11.5. The molecule has 0 aliphatic heterocycles. The molecule has 0 spiro atoms. The SMILES string of the molecule is CC(C(=O)O)c1ccc2oc(-c3c(F)cccc3Cl)nc2c1. The summed E-state index contributed by atoms with van der Waals surface area (Å²) in [5, 5.41) is 9.25. The number of oxazole rings is 1. The van der Waals surface area contributed by atoms with Gasteiger partial charge in [0.25, 0.3) is 0 Å². The van der Waals surface area contributed by atoms with E-state index in [9.17, 15) is 9.18 Å². The second-order valence-electron chi connectivity index (χ2n) is 4.90. The lowest BCUT2D eigenvalue weighted by atomic mass is 10.0. The van der Waals surface area contributed by atoms with E-state index in [0.29, 0.717) is 16.7 Å². The Hall–Kier alpha value is -2.40. The zero-order valence-corrected chi connectivity index (χ0v) is 12.3. The Morgan fingerprint density at radius 1 is 1.36 bits per heavy atom. The summed E-state index contributed by atoms with van der Waals surface area (Å²) in [5.41, 5.74) is 1.59. The van der Waals surface area contributed by atoms with Crippen molar-refractivity contribution in [3.8, 4) is 11.5 Å². The van der Waals surface area contributed by atoms with E-state index in [0.717, 1.165) is 0 Å². The molecular formula is C16H11ClFNO3. The molecule has 0 fully saturated rings. The molecule has 0 saturated carbocycles. The maximum absolute atomic E-state index is 13.9. The third-order valence-electron chi connectivity index (χ3n) is 3.46. The molecule has 1 N–H and O–H groups in total. The zero-order chi connectivity index (χ0) is 15.9. The Morgan fingerprint density at radius 2 is 2.14 bits per heavy atom. The summed E-state index contributed by atoms with van der Waals surface area (Å²) in [5.74, 6) is -2.06. The lowest BCUT2D eigenvalue weighted by Crippen LogP contribution is -2.06. The van der Waals surface area contributed by atoms with Crippen molar-refractivity contribution in [1.82, 2.24) is 4.98 Å². The molecule has 1 heterocycles. The van der Waals surface area contributed by atoms with E-state index < -0.39 is 17.7 Å². The molecule has 4 nitrogen and oxygen atoms in total. The second kappa shape index (κ2) is 5.42. The van der Waals surface area contributed by atoms with Crippen molar-refractivity contribution in [1.29, 1.82) is 0 Å². The van der Waals surface area contributed by atoms with E-state index in [1.165, 1.54) is 12.1 Å². The van der Waals surface area contributed by atoms with Crippen molar-refractivity contribution in [3.63, 3.8) is 0 Å². The van der Waals surface area contributed by atoms with Gasteiger partial charge in [0.2, 0.25) is 5.89 Å². The Kier molecular flexibility index (Phi) is 3.58. The highest BCUT2D eigenvalue weighted by molar-refractivity contribution is 6.33. The molecule has 1 unspecified atom stereocenters. The Bertz CT molecular complexity index is 855. The first kappa shape index (κ1) is 14.5. The fourth-order valence-corrected chi connectivity index (χ4v) is 2.41. The summed E-state index contributed by atoms with van der Waals surface area (Å²) in [6.07, 6.45) is 0. The summed E-state index contributed by atoms with van der Waals surface area (Å²) in [7, 11) is 0. The Labute approximate surface area is 130 Å². The van der Waals surface area contributed by atoms with Crippen LogP contribution in [0.15, 0.2) is 40.8 Å². The van der Waals surface area contributed by atoms with Gasteiger partial charge in [-0.2, -0.15) is 0 Å². The number of halogens is 2. The molecule has 1 atom stereocenters. The number of carbonyl (C=O) groups is 1. The fourth-order valence-electron chi connectivity index (χ4n) is 2.17. The van der Waals surface area contributed by atoms with Crippen LogP contribution in [-0.4, -0.2) is 16.1 Å². The van der Waals surface area contributed by atoms with Crippen molar-refractivity contribution >= 4 is 28.7 Å². The van der Waals surface area contributed by atoms with Gasteiger partial charge < -0.3 is 9.52 Å². The summed E-state index contributed by atoms with van der Waals surface area (Å²) in [4.78, 5) is 15.3. The number of hydrogen-bond acceptors (Lipinski definition) is 3. The molecule has 0 saturated heterocycles. The van der Waals surface area contributed by atoms with Crippen LogP contribution < -0.4 is 0 Å². The number of aliphatic carboxylic acids is 1. The highest BCUT2D eigenvalue weighted by atomic mass is 35.5. The number of nitrogens with zero attached hydrogens (tertiary/aromatic N) is 1. The summed E-state index contributed by atoms with van der Waals surface area (Å²) in [6.45, 7) is 1.58. The van der Waals surface area contributed by atoms with Crippen LogP contribution in [0.5, 0.6) is 0 Å². The van der Waals surface area contributed by atoms with Crippen LogP contribution in [0.4, 0.5) is 4.39 Å². The van der Waals surface area contributed by atoms with Crippen LogP contribution in [-0.2, 0) is 4.79 Å². The number of aromatic nitrogens is 1. The molecule has 0 bridgehead atoms. The minimum Gasteiger partial charge on any atom is -0.481 e. The van der Waals surface area contributed by atoms with Crippen LogP contribution in [0.2, 0.25) is 5.02 Å². The highest BCUT2D eigenvalue weighted by Crippen LogP contribution is 2.33. The van der Waals surface area contributed by atoms with Gasteiger partial charge in [-0.25, -0.2) is 9.37 Å². The third kappa shape index (κ3) is 2.44. The Balaban J connectivity index is 2.13. The van der Waals surface area contributed by atoms with E-state index in [1.54, 1.807) is 31.2 Å². The second-order valence-corrected chi connectivity index (χ2v) is 5.31. The van der Waals surface area contributed by atoms with Gasteiger partial charge >= 0.3 is 5.97 Å². The monoisotopic (exact) mass is 319 g/mol. The predicted octanol–water partition coefficient (Wildman–Crippen LogP) is 4.48. The summed E-state index contributed by atoms with van der Waals surface area (Å²) >= 11 is 6.00. The van der Waals surface area contributed by atoms with Gasteiger partial charge in [0.1, 0.15) is 11.3 Å². The summed E-state index contributed by atoms with van der Waals surface area (Å²) < 4.78 is 19.4. The maximum atomic E-state index is 13.9. The highest BCUT2D eigenvalue weighted by Gasteiger charge is 2.18. The molecule has 0 aliphatic carbocycles. The van der Waals surface area contributed by atoms with E-state index in [4.69, 9.17) is 21.1 Å². The smallest absolute Gasteiger partial charge is 0.310 e. The number of fused-ring (bicyclic) bond motifs is 1. The topological polar surface area (TPSA) is 63.3 Å². The van der Waals surface area contributed by atoms with E-state index in [2.05, 4.69) is 4.98 Å². The molecule has 1 aromatic heterocycles. The molecule has 3 aromatic rings. The molecule has 3 rings (SSSR count). The number of carboxylic acids is 1. The number of rotatable bonds is 3. The fraction of sp³-hybridized carbons (Fsp3) is 0.125. The van der Waals surface area contributed by atoms with Crippen molar-refractivity contribution in [2.24, 2.45) is 0 Å².